The summed E-state index contributed by atoms with van der Waals surface area (Å²) >= 11 is 7.77. The van der Waals surface area contributed by atoms with Crippen molar-refractivity contribution in [1.82, 2.24) is 9.80 Å². The number of carbonyl (C=O) groups excluding carboxylic acids is 3. The molecule has 3 unspecified atom stereocenters. The van der Waals surface area contributed by atoms with Crippen LogP contribution in [0, 0.1) is 17.8 Å². The van der Waals surface area contributed by atoms with Gasteiger partial charge in [0.2, 0.25) is 11.8 Å². The lowest BCUT2D eigenvalue weighted by Gasteiger charge is -2.42. The van der Waals surface area contributed by atoms with E-state index in [0.29, 0.717) is 17.3 Å². The van der Waals surface area contributed by atoms with Crippen LogP contribution in [0.25, 0.3) is 0 Å². The van der Waals surface area contributed by atoms with Crippen LogP contribution in [0.5, 0.6) is 0 Å². The van der Waals surface area contributed by atoms with E-state index in [9.17, 15) is 19.5 Å². The molecule has 5 rings (SSSR count). The predicted molar refractivity (Wildman–Crippen MR) is 164 cm³/mol. The van der Waals surface area contributed by atoms with Gasteiger partial charge in [0.05, 0.1) is 29.2 Å². The number of likely N-dealkylation sites (N-methyl/N-ethyl adjacent to an activating group) is 1. The Labute approximate surface area is 250 Å². The molecule has 0 radical (unpaired) electrons. The van der Waals surface area contributed by atoms with Gasteiger partial charge in [-0.05, 0) is 42.2 Å². The molecular weight excluding hydrogens is 558 g/mol. The fourth-order valence-corrected chi connectivity index (χ4v) is 9.67. The van der Waals surface area contributed by atoms with Crippen molar-refractivity contribution in [2.24, 2.45) is 17.8 Å². The Morgan fingerprint density at radius 1 is 1.12 bits per heavy atom. The monoisotopic (exact) mass is 593 g/mol. The van der Waals surface area contributed by atoms with Crippen molar-refractivity contribution in [3.63, 3.8) is 0 Å². The average molecular weight is 594 g/mol. The Bertz CT molecular complexity index is 1340. The number of rotatable bonds is 10. The Balaban J connectivity index is 1.67. The van der Waals surface area contributed by atoms with Gasteiger partial charge in [0.25, 0.3) is 5.91 Å². The lowest BCUT2D eigenvalue weighted by atomic mass is 9.65. The van der Waals surface area contributed by atoms with Crippen molar-refractivity contribution in [3.8, 4) is 0 Å². The molecule has 3 aliphatic rings. The van der Waals surface area contributed by atoms with E-state index in [4.69, 9.17) is 11.6 Å². The molecule has 9 heteroatoms. The van der Waals surface area contributed by atoms with E-state index >= 15 is 0 Å². The van der Waals surface area contributed by atoms with Crippen LogP contribution in [0.4, 0.5) is 5.69 Å². The Morgan fingerprint density at radius 3 is 2.39 bits per heavy atom. The molecule has 216 valence electrons. The number of nitrogens with zero attached hydrogens (tertiary/aromatic N) is 3. The minimum absolute atomic E-state index is 0.00919. The quantitative estimate of drug-likeness (QED) is 0.408. The molecule has 3 heterocycles. The molecule has 41 heavy (non-hydrogen) atoms. The fraction of sp³-hybridized carbons (Fsp3) is 0.406. The predicted octanol–water partition coefficient (Wildman–Crippen LogP) is 4.57. The molecule has 7 nitrogen and oxygen atoms in total. The van der Waals surface area contributed by atoms with Gasteiger partial charge < -0.3 is 19.8 Å². The molecule has 0 saturated carbocycles. The van der Waals surface area contributed by atoms with Crippen LogP contribution in [0.2, 0.25) is 5.02 Å². The van der Waals surface area contributed by atoms with Gasteiger partial charge >= 0.3 is 0 Å². The number of amides is 3. The number of aliphatic hydroxyl groups is 1. The number of halogens is 1. The van der Waals surface area contributed by atoms with E-state index in [2.05, 4.69) is 20.1 Å². The summed E-state index contributed by atoms with van der Waals surface area (Å²) < 4.78 is -0.831. The number of carbonyl (C=O) groups is 3. The third-order valence-electron chi connectivity index (χ3n) is 8.89. The summed E-state index contributed by atoms with van der Waals surface area (Å²) in [6.45, 7) is 9.97. The van der Waals surface area contributed by atoms with E-state index in [1.807, 2.05) is 30.3 Å². The third kappa shape index (κ3) is 4.70. The van der Waals surface area contributed by atoms with E-state index in [0.717, 1.165) is 12.0 Å². The van der Waals surface area contributed by atoms with E-state index < -0.39 is 28.7 Å². The number of thioether (sulfide) groups is 1. The molecule has 3 saturated heterocycles. The normalized spacial score (nSPS) is 28.7. The zero-order valence-corrected chi connectivity index (χ0v) is 24.9. The summed E-state index contributed by atoms with van der Waals surface area (Å²) in [5, 5.41) is 11.2. The molecule has 2 aromatic rings. The van der Waals surface area contributed by atoms with Crippen LogP contribution in [-0.2, 0) is 14.4 Å². The number of hydrogen-bond acceptors (Lipinski definition) is 5. The van der Waals surface area contributed by atoms with Crippen LogP contribution < -0.4 is 4.90 Å². The van der Waals surface area contributed by atoms with Gasteiger partial charge in [-0.3, -0.25) is 14.4 Å². The number of hydrogen-bond donors (Lipinski definition) is 1. The van der Waals surface area contributed by atoms with Crippen molar-refractivity contribution < 1.29 is 19.5 Å². The lowest BCUT2D eigenvalue weighted by Crippen LogP contribution is -2.58. The molecule has 1 spiro atoms. The highest BCUT2D eigenvalue weighted by Crippen LogP contribution is 2.69. The Morgan fingerprint density at radius 2 is 1.78 bits per heavy atom. The molecule has 2 aromatic carbocycles. The number of benzene rings is 2. The molecule has 3 aliphatic heterocycles. The van der Waals surface area contributed by atoms with Gasteiger partial charge in [-0.25, -0.2) is 0 Å². The first-order chi connectivity index (χ1) is 19.7. The SMILES string of the molecule is C=CCN(C)C(=O)[C@@H]1[C@H]2C(=O)N([C@H](CO)c3ccccc3)C(C(=O)N(CC=C)c3ccc(Cl)cc3)C23S[C@@H]1CC3C. The minimum atomic E-state index is -0.902. The largest absolute Gasteiger partial charge is 0.394 e. The van der Waals surface area contributed by atoms with Crippen molar-refractivity contribution in [3.05, 3.63) is 90.5 Å². The van der Waals surface area contributed by atoms with Gasteiger partial charge in [-0.15, -0.1) is 24.9 Å². The maximum Gasteiger partial charge on any atom is 0.251 e. The zero-order chi connectivity index (χ0) is 29.5. The summed E-state index contributed by atoms with van der Waals surface area (Å²) in [6.07, 6.45) is 4.05. The number of aliphatic hydroxyl groups excluding tert-OH is 1. The van der Waals surface area contributed by atoms with Crippen molar-refractivity contribution in [2.75, 3.05) is 31.6 Å². The molecule has 3 amide bonds. The maximum absolute atomic E-state index is 14.9. The minimum Gasteiger partial charge on any atom is -0.394 e. The topological polar surface area (TPSA) is 81.2 Å². The van der Waals surface area contributed by atoms with Gasteiger partial charge in [-0.2, -0.15) is 0 Å². The number of anilines is 1. The lowest BCUT2D eigenvalue weighted by molar-refractivity contribution is -0.145. The molecule has 0 aliphatic carbocycles. The molecular formula is C32H36ClN3O4S. The van der Waals surface area contributed by atoms with Crippen LogP contribution in [0.3, 0.4) is 0 Å². The number of likely N-dealkylation sites (tertiary alicyclic amines) is 1. The average Bonchev–Trinajstić information content (AvgIpc) is 3.56. The molecule has 3 fully saturated rings. The third-order valence-corrected chi connectivity index (χ3v) is 11.2. The van der Waals surface area contributed by atoms with E-state index in [-0.39, 0.29) is 42.0 Å². The van der Waals surface area contributed by atoms with Crippen LogP contribution in [-0.4, -0.2) is 75.4 Å². The first-order valence-electron chi connectivity index (χ1n) is 13.9. The summed E-state index contributed by atoms with van der Waals surface area (Å²) in [4.78, 5) is 48.2. The van der Waals surface area contributed by atoms with Crippen LogP contribution in [0.15, 0.2) is 79.9 Å². The smallest absolute Gasteiger partial charge is 0.251 e. The highest BCUT2D eigenvalue weighted by molar-refractivity contribution is 8.02. The van der Waals surface area contributed by atoms with Crippen LogP contribution >= 0.6 is 23.4 Å². The summed E-state index contributed by atoms with van der Waals surface area (Å²) in [5.74, 6) is -1.89. The summed E-state index contributed by atoms with van der Waals surface area (Å²) in [6, 6.07) is 14.6. The maximum atomic E-state index is 14.9. The molecule has 7 atom stereocenters. The van der Waals surface area contributed by atoms with Crippen molar-refractivity contribution in [2.45, 2.75) is 35.4 Å². The summed E-state index contributed by atoms with van der Waals surface area (Å²) in [7, 11) is 1.73. The fourth-order valence-electron chi connectivity index (χ4n) is 7.14. The molecule has 2 bridgehead atoms. The second kappa shape index (κ2) is 11.7. The zero-order valence-electron chi connectivity index (χ0n) is 23.4. The van der Waals surface area contributed by atoms with E-state index in [1.54, 1.807) is 69.9 Å². The van der Waals surface area contributed by atoms with Gasteiger partial charge in [-0.1, -0.05) is 61.0 Å². The van der Waals surface area contributed by atoms with E-state index in [1.165, 1.54) is 0 Å². The standard InChI is InChI=1S/C32H36ClN3O4S/c1-5-16-34(4)29(38)26-25-18-20(3)32(41-25)27(26)30(39)36(24(19-37)21-10-8-7-9-11-21)28(32)31(40)35(17-6-2)23-14-12-22(33)13-15-23/h5-15,20,24-28,37H,1-2,16-19H2,3-4H3/t20?,24-,25-,26+,27+,28?,32?/m1/s1. The molecule has 1 N–H and O–H groups in total. The second-order valence-electron chi connectivity index (χ2n) is 11.1. The highest BCUT2D eigenvalue weighted by atomic mass is 35.5. The van der Waals surface area contributed by atoms with Crippen LogP contribution in [0.1, 0.15) is 24.9 Å². The van der Waals surface area contributed by atoms with Gasteiger partial charge in [0.15, 0.2) is 0 Å². The summed E-state index contributed by atoms with van der Waals surface area (Å²) in [5.41, 5.74) is 1.37. The Hall–Kier alpha value is -3.07. The first kappa shape index (κ1) is 29.4. The van der Waals surface area contributed by atoms with Gasteiger partial charge in [0, 0.05) is 36.1 Å². The molecule has 0 aromatic heterocycles. The number of fused-ring (bicyclic) bond motifs is 1. The Kier molecular flexibility index (Phi) is 8.37. The van der Waals surface area contributed by atoms with Crippen molar-refractivity contribution in [1.29, 1.82) is 0 Å². The van der Waals surface area contributed by atoms with Crippen molar-refractivity contribution >= 4 is 46.8 Å². The van der Waals surface area contributed by atoms with Gasteiger partial charge in [0.1, 0.15) is 6.04 Å². The first-order valence-corrected chi connectivity index (χ1v) is 15.2. The second-order valence-corrected chi connectivity index (χ2v) is 13.1. The highest BCUT2D eigenvalue weighted by Gasteiger charge is 2.77.